The summed E-state index contributed by atoms with van der Waals surface area (Å²) in [5, 5.41) is 0. The number of hydrogen-bond acceptors (Lipinski definition) is 5. The van der Waals surface area contributed by atoms with E-state index in [1.54, 1.807) is 0 Å². The van der Waals surface area contributed by atoms with Gasteiger partial charge >= 0.3 is 45.9 Å². The zero-order valence-corrected chi connectivity index (χ0v) is 17.3. The van der Waals surface area contributed by atoms with Crippen LogP contribution in [0.1, 0.15) is 85.4 Å². The Morgan fingerprint density at radius 1 is 0.864 bits per heavy atom. The summed E-state index contributed by atoms with van der Waals surface area (Å²) >= 11 is 0. The van der Waals surface area contributed by atoms with Gasteiger partial charge in [-0.2, -0.15) is 8.42 Å². The van der Waals surface area contributed by atoms with Gasteiger partial charge in [-0.25, -0.2) is 4.18 Å². The van der Waals surface area contributed by atoms with E-state index in [-0.39, 0.29) is 37.4 Å². The van der Waals surface area contributed by atoms with Gasteiger partial charge in [0.05, 0.1) is 7.11 Å². The van der Waals surface area contributed by atoms with E-state index in [1.807, 2.05) is 0 Å². The van der Waals surface area contributed by atoms with Crippen molar-refractivity contribution in [3.63, 3.8) is 0 Å². The Labute approximate surface area is 159 Å². The number of unbranched alkanes of at least 4 members (excludes halogenated alkanes) is 10. The molecule has 0 aliphatic carbocycles. The summed E-state index contributed by atoms with van der Waals surface area (Å²) in [5.74, 6) is -0.743. The Kier molecular flexibility index (Phi) is 18.2. The van der Waals surface area contributed by atoms with Gasteiger partial charge < -0.3 is 5.61 Å². The number of carbonyl (C=O) groups is 1. The van der Waals surface area contributed by atoms with Crippen LogP contribution in [0.2, 0.25) is 0 Å². The molecule has 0 aliphatic rings. The number of carbonyl (C=O) groups excluding carboxylic acids is 1. The summed E-state index contributed by atoms with van der Waals surface area (Å²) in [7, 11) is -3.17. The summed E-state index contributed by atoms with van der Waals surface area (Å²) in [6.45, 7) is 2.22. The maximum atomic E-state index is 11.2. The number of hydrogen-bond donors (Lipinski definition) is 0. The van der Waals surface area contributed by atoms with E-state index < -0.39 is 16.4 Å². The Bertz CT molecular complexity index is 363. The molecule has 128 valence electrons. The zero-order chi connectivity index (χ0) is 16.0. The molecule has 0 aliphatic heterocycles. The first kappa shape index (κ1) is 24.6. The number of rotatable bonds is 14. The monoisotopic (exact) mass is 346 g/mol. The third-order valence-electron chi connectivity index (χ3n) is 3.38. The van der Waals surface area contributed by atoms with Crippen molar-refractivity contribution in [3.8, 4) is 0 Å². The van der Waals surface area contributed by atoms with Gasteiger partial charge in [-0.15, -0.1) is 0 Å². The molecule has 0 heterocycles. The normalized spacial score (nSPS) is 11.0. The molecule has 0 atom stereocenters. The summed E-state index contributed by atoms with van der Waals surface area (Å²) in [6.07, 6.45) is 13.2. The van der Waals surface area contributed by atoms with Crippen molar-refractivity contribution >= 4 is 16.4 Å². The largest absolute Gasteiger partial charge is 1.00 e. The van der Waals surface area contributed by atoms with Crippen LogP contribution in [0.5, 0.6) is 0 Å². The van der Waals surface area contributed by atoms with Crippen LogP contribution >= 0.6 is 0 Å². The molecule has 0 saturated carbocycles. The second-order valence-electron chi connectivity index (χ2n) is 5.32. The average molecular weight is 346 g/mol. The van der Waals surface area contributed by atoms with Gasteiger partial charge in [-0.05, 0) is 6.42 Å². The van der Waals surface area contributed by atoms with Gasteiger partial charge in [0.15, 0.2) is 0 Å². The minimum absolute atomic E-state index is 0. The van der Waals surface area contributed by atoms with E-state index in [2.05, 4.69) is 15.3 Å². The molecule has 22 heavy (non-hydrogen) atoms. The predicted molar refractivity (Wildman–Crippen MR) is 84.2 cm³/mol. The van der Waals surface area contributed by atoms with Crippen molar-refractivity contribution < 1.29 is 52.6 Å². The molecule has 0 N–H and O–H groups in total. The van der Waals surface area contributed by atoms with Crippen LogP contribution in [-0.4, -0.2) is 21.5 Å². The van der Waals surface area contributed by atoms with Crippen LogP contribution in [-0.2, 0) is 23.6 Å². The quantitative estimate of drug-likeness (QED) is 0.350. The second kappa shape index (κ2) is 16.2. The van der Waals surface area contributed by atoms with Crippen molar-refractivity contribution in [2.45, 2.75) is 84.0 Å². The van der Waals surface area contributed by atoms with Crippen LogP contribution in [0.3, 0.4) is 0 Å². The van der Waals surface area contributed by atoms with Crippen LogP contribution in [0.4, 0.5) is 0 Å². The summed E-state index contributed by atoms with van der Waals surface area (Å²) < 4.78 is 29.9. The molecular weight excluding hydrogens is 315 g/mol. The van der Waals surface area contributed by atoms with E-state index in [0.29, 0.717) is 6.42 Å². The molecule has 7 heteroatoms. The molecule has 0 aromatic rings. The minimum atomic E-state index is -4.13. The first-order chi connectivity index (χ1) is 10.0. The van der Waals surface area contributed by atoms with Gasteiger partial charge in [-0.1, -0.05) is 71.1 Å². The Morgan fingerprint density at radius 2 is 1.27 bits per heavy atom. The first-order valence-electron chi connectivity index (χ1n) is 8.04. The molecule has 0 bridgehead atoms. The van der Waals surface area contributed by atoms with E-state index in [1.165, 1.54) is 51.4 Å². The van der Waals surface area contributed by atoms with Gasteiger partial charge in [0, 0.05) is 6.42 Å². The fourth-order valence-electron chi connectivity index (χ4n) is 2.12. The Morgan fingerprint density at radius 3 is 1.68 bits per heavy atom. The fourth-order valence-corrected chi connectivity index (χ4v) is 2.50. The summed E-state index contributed by atoms with van der Waals surface area (Å²) in [5.41, 5.74) is 0. The van der Waals surface area contributed by atoms with Crippen molar-refractivity contribution in [3.05, 3.63) is 0 Å². The topological polar surface area (TPSA) is 69.7 Å². The van der Waals surface area contributed by atoms with Gasteiger partial charge in [0.2, 0.25) is 0 Å². The molecule has 0 saturated heterocycles. The van der Waals surface area contributed by atoms with Gasteiger partial charge in [0.25, 0.3) is 0 Å². The molecule has 0 aromatic carbocycles. The molecule has 0 spiro atoms. The fraction of sp³-hybridized carbons (Fsp3) is 0.933. The smallest absolute Gasteiger partial charge is 1.00 e. The SMILES string of the molecule is CCCCCCCCCCCCCC(=O)OS(=O)(=O)OC.[H-].[Na+]. The van der Waals surface area contributed by atoms with Crippen LogP contribution in [0.25, 0.3) is 0 Å². The molecule has 5 nitrogen and oxygen atoms in total. The summed E-state index contributed by atoms with van der Waals surface area (Å²) in [6, 6.07) is 0. The van der Waals surface area contributed by atoms with Gasteiger partial charge in [-0.3, -0.25) is 4.79 Å². The van der Waals surface area contributed by atoms with Gasteiger partial charge in [0.1, 0.15) is 0 Å². The van der Waals surface area contributed by atoms with Crippen LogP contribution in [0.15, 0.2) is 0 Å². The zero-order valence-electron chi connectivity index (χ0n) is 15.4. The molecule has 0 unspecified atom stereocenters. The minimum Gasteiger partial charge on any atom is -1.00 e. The molecule has 0 radical (unpaired) electrons. The third-order valence-corrected chi connectivity index (χ3v) is 4.18. The standard InChI is InChI=1S/C15H30O5S.Na.H/c1-3-4-5-6-7-8-9-10-11-12-13-14-15(16)20-21(17,18)19-2;;/h3-14H2,1-2H3;;/q;+1;-1. The maximum absolute atomic E-state index is 11.2. The summed E-state index contributed by atoms with van der Waals surface area (Å²) in [4.78, 5) is 11.2. The van der Waals surface area contributed by atoms with Crippen molar-refractivity contribution in [2.75, 3.05) is 7.11 Å². The van der Waals surface area contributed by atoms with Crippen molar-refractivity contribution in [1.82, 2.24) is 0 Å². The second-order valence-corrected chi connectivity index (χ2v) is 6.63. The molecule has 0 fully saturated rings. The maximum Gasteiger partial charge on any atom is 1.00 e. The van der Waals surface area contributed by atoms with E-state index in [0.717, 1.165) is 20.0 Å². The Hall–Kier alpha value is 0.380. The molecule has 0 rings (SSSR count). The Balaban J connectivity index is -0.00000200. The van der Waals surface area contributed by atoms with E-state index >= 15 is 0 Å². The molecule has 0 aromatic heterocycles. The average Bonchev–Trinajstić information content (AvgIpc) is 2.44. The molecule has 0 amide bonds. The van der Waals surface area contributed by atoms with E-state index in [9.17, 15) is 13.2 Å². The molecular formula is C15H31NaO5S. The third kappa shape index (κ3) is 16.7. The van der Waals surface area contributed by atoms with Crippen LogP contribution in [0, 0.1) is 0 Å². The van der Waals surface area contributed by atoms with E-state index in [4.69, 9.17) is 0 Å². The van der Waals surface area contributed by atoms with Crippen molar-refractivity contribution in [1.29, 1.82) is 0 Å². The first-order valence-corrected chi connectivity index (χ1v) is 9.38. The van der Waals surface area contributed by atoms with Crippen molar-refractivity contribution in [2.24, 2.45) is 0 Å². The van der Waals surface area contributed by atoms with Crippen LogP contribution < -0.4 is 29.6 Å². The predicted octanol–water partition coefficient (Wildman–Crippen LogP) is 1.24.